The Morgan fingerprint density at radius 1 is 1.56 bits per heavy atom. The van der Waals surface area contributed by atoms with Crippen LogP contribution in [-0.2, 0) is 0 Å². The summed E-state index contributed by atoms with van der Waals surface area (Å²) in [6.45, 7) is 7.00. The van der Waals surface area contributed by atoms with Gasteiger partial charge in [-0.1, -0.05) is 13.8 Å². The molecule has 1 rings (SSSR count). The fourth-order valence-electron chi connectivity index (χ4n) is 1.15. The van der Waals surface area contributed by atoms with Crippen molar-refractivity contribution in [1.82, 2.24) is 5.32 Å². The second-order valence-corrected chi connectivity index (χ2v) is 3.18. The molecule has 2 atom stereocenters. The van der Waals surface area contributed by atoms with Crippen LogP contribution in [0.15, 0.2) is 0 Å². The Morgan fingerprint density at radius 3 is 2.67 bits per heavy atom. The molecule has 0 saturated heterocycles. The highest BCUT2D eigenvalue weighted by atomic mass is 14.9. The van der Waals surface area contributed by atoms with Crippen molar-refractivity contribution in [2.75, 3.05) is 13.1 Å². The van der Waals surface area contributed by atoms with Gasteiger partial charge in [0, 0.05) is 0 Å². The van der Waals surface area contributed by atoms with Crippen LogP contribution < -0.4 is 5.32 Å². The standard InChI is InChI=1S/C8H17N/c1-3-4-9-6-8-5-7(8)2/h7-9H,3-6H2,1-2H3/t7-,8-/m0/s1. The van der Waals surface area contributed by atoms with Crippen molar-refractivity contribution in [1.29, 1.82) is 0 Å². The molecule has 1 aliphatic rings. The SMILES string of the molecule is CCCNC[C@@H]1C[C@@H]1C. The lowest BCUT2D eigenvalue weighted by atomic mass is 10.3. The summed E-state index contributed by atoms with van der Waals surface area (Å²) in [5.74, 6) is 2.02. The minimum Gasteiger partial charge on any atom is -0.316 e. The van der Waals surface area contributed by atoms with E-state index in [1.165, 1.54) is 25.9 Å². The maximum atomic E-state index is 3.43. The zero-order chi connectivity index (χ0) is 6.69. The van der Waals surface area contributed by atoms with E-state index in [1.807, 2.05) is 0 Å². The Morgan fingerprint density at radius 2 is 2.22 bits per heavy atom. The van der Waals surface area contributed by atoms with E-state index in [9.17, 15) is 0 Å². The van der Waals surface area contributed by atoms with E-state index < -0.39 is 0 Å². The van der Waals surface area contributed by atoms with Crippen LogP contribution >= 0.6 is 0 Å². The van der Waals surface area contributed by atoms with Gasteiger partial charge < -0.3 is 5.32 Å². The van der Waals surface area contributed by atoms with Crippen LogP contribution in [0.2, 0.25) is 0 Å². The van der Waals surface area contributed by atoms with Crippen molar-refractivity contribution in [3.05, 3.63) is 0 Å². The Kier molecular flexibility index (Phi) is 2.52. The summed E-state index contributed by atoms with van der Waals surface area (Å²) < 4.78 is 0. The van der Waals surface area contributed by atoms with Gasteiger partial charge in [-0.2, -0.15) is 0 Å². The number of hydrogen-bond acceptors (Lipinski definition) is 1. The van der Waals surface area contributed by atoms with Gasteiger partial charge in [-0.05, 0) is 37.8 Å². The topological polar surface area (TPSA) is 12.0 Å². The van der Waals surface area contributed by atoms with Gasteiger partial charge >= 0.3 is 0 Å². The van der Waals surface area contributed by atoms with Crippen LogP contribution in [0, 0.1) is 11.8 Å². The highest BCUT2D eigenvalue weighted by Crippen LogP contribution is 2.36. The van der Waals surface area contributed by atoms with Gasteiger partial charge in [-0.25, -0.2) is 0 Å². The number of nitrogens with one attached hydrogen (secondary N) is 1. The summed E-state index contributed by atoms with van der Waals surface area (Å²) in [4.78, 5) is 0. The fourth-order valence-corrected chi connectivity index (χ4v) is 1.15. The summed E-state index contributed by atoms with van der Waals surface area (Å²) in [5.41, 5.74) is 0. The first-order valence-electron chi connectivity index (χ1n) is 4.05. The molecule has 0 aliphatic heterocycles. The number of rotatable bonds is 4. The lowest BCUT2D eigenvalue weighted by Crippen LogP contribution is -2.17. The third-order valence-corrected chi connectivity index (χ3v) is 2.11. The molecule has 0 spiro atoms. The molecular formula is C8H17N. The zero-order valence-corrected chi connectivity index (χ0v) is 6.48. The van der Waals surface area contributed by atoms with Crippen molar-refractivity contribution in [3.8, 4) is 0 Å². The zero-order valence-electron chi connectivity index (χ0n) is 6.48. The third kappa shape index (κ3) is 2.35. The van der Waals surface area contributed by atoms with Crippen LogP contribution in [0.1, 0.15) is 26.7 Å². The van der Waals surface area contributed by atoms with Gasteiger partial charge in [-0.3, -0.25) is 0 Å². The van der Waals surface area contributed by atoms with E-state index in [0.717, 1.165) is 11.8 Å². The van der Waals surface area contributed by atoms with Gasteiger partial charge in [0.25, 0.3) is 0 Å². The molecule has 9 heavy (non-hydrogen) atoms. The highest BCUT2D eigenvalue weighted by molar-refractivity contribution is 4.83. The fraction of sp³-hybridized carbons (Fsp3) is 1.00. The van der Waals surface area contributed by atoms with E-state index >= 15 is 0 Å². The number of hydrogen-bond donors (Lipinski definition) is 1. The molecule has 1 fully saturated rings. The summed E-state index contributed by atoms with van der Waals surface area (Å²) in [6, 6.07) is 0. The maximum absolute atomic E-state index is 3.43. The molecule has 0 unspecified atom stereocenters. The molecule has 0 radical (unpaired) electrons. The largest absolute Gasteiger partial charge is 0.316 e. The van der Waals surface area contributed by atoms with Gasteiger partial charge in [0.05, 0.1) is 0 Å². The average Bonchev–Trinajstić information content (AvgIpc) is 2.48. The minimum atomic E-state index is 1.01. The molecule has 1 heteroatoms. The van der Waals surface area contributed by atoms with E-state index in [2.05, 4.69) is 19.2 Å². The summed E-state index contributed by atoms with van der Waals surface area (Å²) in [6.07, 6.45) is 2.72. The average molecular weight is 127 g/mol. The lowest BCUT2D eigenvalue weighted by Gasteiger charge is -1.98. The predicted octanol–water partition coefficient (Wildman–Crippen LogP) is 1.64. The van der Waals surface area contributed by atoms with Crippen LogP contribution in [0.25, 0.3) is 0 Å². The highest BCUT2D eigenvalue weighted by Gasteiger charge is 2.31. The molecule has 54 valence electrons. The van der Waals surface area contributed by atoms with Crippen molar-refractivity contribution in [2.45, 2.75) is 26.7 Å². The first kappa shape index (κ1) is 7.07. The van der Waals surface area contributed by atoms with Crippen molar-refractivity contribution >= 4 is 0 Å². The second kappa shape index (κ2) is 3.21. The van der Waals surface area contributed by atoms with E-state index in [1.54, 1.807) is 0 Å². The molecule has 1 N–H and O–H groups in total. The Bertz CT molecular complexity index is 80.6. The summed E-state index contributed by atoms with van der Waals surface area (Å²) in [5, 5.41) is 3.43. The van der Waals surface area contributed by atoms with Crippen LogP contribution in [0.5, 0.6) is 0 Å². The monoisotopic (exact) mass is 127 g/mol. The quantitative estimate of drug-likeness (QED) is 0.566. The van der Waals surface area contributed by atoms with Crippen LogP contribution in [0.3, 0.4) is 0 Å². The van der Waals surface area contributed by atoms with Crippen LogP contribution in [-0.4, -0.2) is 13.1 Å². The van der Waals surface area contributed by atoms with Crippen molar-refractivity contribution in [2.24, 2.45) is 11.8 Å². The first-order chi connectivity index (χ1) is 4.34. The maximum Gasteiger partial charge on any atom is -0.00179 e. The van der Waals surface area contributed by atoms with Gasteiger partial charge in [0.1, 0.15) is 0 Å². The molecule has 0 aromatic heterocycles. The molecule has 0 heterocycles. The minimum absolute atomic E-state index is 1.01. The van der Waals surface area contributed by atoms with E-state index in [-0.39, 0.29) is 0 Å². The first-order valence-corrected chi connectivity index (χ1v) is 4.05. The molecule has 0 aromatic rings. The Labute approximate surface area is 57.8 Å². The molecule has 0 bridgehead atoms. The Hall–Kier alpha value is -0.0400. The van der Waals surface area contributed by atoms with Crippen LogP contribution in [0.4, 0.5) is 0 Å². The molecule has 0 amide bonds. The van der Waals surface area contributed by atoms with E-state index in [0.29, 0.717) is 0 Å². The molecule has 1 aliphatic carbocycles. The van der Waals surface area contributed by atoms with Crippen molar-refractivity contribution < 1.29 is 0 Å². The summed E-state index contributed by atoms with van der Waals surface area (Å²) in [7, 11) is 0. The van der Waals surface area contributed by atoms with Gasteiger partial charge in [0.15, 0.2) is 0 Å². The smallest absolute Gasteiger partial charge is 0.00179 e. The van der Waals surface area contributed by atoms with Gasteiger partial charge in [-0.15, -0.1) is 0 Å². The van der Waals surface area contributed by atoms with E-state index in [4.69, 9.17) is 0 Å². The lowest BCUT2D eigenvalue weighted by molar-refractivity contribution is 0.606. The molecule has 1 saturated carbocycles. The molecular weight excluding hydrogens is 110 g/mol. The summed E-state index contributed by atoms with van der Waals surface area (Å²) >= 11 is 0. The van der Waals surface area contributed by atoms with Gasteiger partial charge in [0.2, 0.25) is 0 Å². The molecule has 1 nitrogen and oxygen atoms in total. The van der Waals surface area contributed by atoms with Crippen molar-refractivity contribution in [3.63, 3.8) is 0 Å². The third-order valence-electron chi connectivity index (χ3n) is 2.11. The normalized spacial score (nSPS) is 32.7. The second-order valence-electron chi connectivity index (χ2n) is 3.18. The Balaban J connectivity index is 1.83. The predicted molar refractivity (Wildman–Crippen MR) is 40.4 cm³/mol. The molecule has 0 aromatic carbocycles.